The second-order valence-corrected chi connectivity index (χ2v) is 3.60. The third kappa shape index (κ3) is 4.03. The van der Waals surface area contributed by atoms with Crippen LogP contribution in [0, 0.1) is 6.92 Å². The molecule has 0 saturated heterocycles. The van der Waals surface area contributed by atoms with E-state index in [4.69, 9.17) is 14.6 Å². The monoisotopic (exact) mass is 213 g/mol. The van der Waals surface area contributed by atoms with E-state index in [2.05, 4.69) is 4.90 Å². The second-order valence-electron chi connectivity index (χ2n) is 3.60. The molecule has 0 saturated carbocycles. The van der Waals surface area contributed by atoms with Crippen molar-refractivity contribution in [3.8, 4) is 0 Å². The van der Waals surface area contributed by atoms with E-state index in [1.54, 1.807) is 6.26 Å². The Bertz CT molecular complexity index is 273. The molecule has 0 radical (unpaired) electrons. The SMILES string of the molecule is Cc1ccoc1CN(CCO)CCCO. The molecule has 0 fully saturated rings. The van der Waals surface area contributed by atoms with E-state index in [1.807, 2.05) is 13.0 Å². The average Bonchev–Trinajstić information content (AvgIpc) is 2.61. The minimum Gasteiger partial charge on any atom is -0.468 e. The first-order valence-corrected chi connectivity index (χ1v) is 5.25. The van der Waals surface area contributed by atoms with Gasteiger partial charge in [-0.05, 0) is 25.0 Å². The van der Waals surface area contributed by atoms with E-state index < -0.39 is 0 Å². The molecule has 0 atom stereocenters. The highest BCUT2D eigenvalue weighted by atomic mass is 16.3. The van der Waals surface area contributed by atoms with Gasteiger partial charge < -0.3 is 14.6 Å². The molecule has 86 valence electrons. The van der Waals surface area contributed by atoms with Gasteiger partial charge in [0.25, 0.3) is 0 Å². The summed E-state index contributed by atoms with van der Waals surface area (Å²) < 4.78 is 5.34. The molecule has 15 heavy (non-hydrogen) atoms. The molecule has 0 amide bonds. The summed E-state index contributed by atoms with van der Waals surface area (Å²) >= 11 is 0. The average molecular weight is 213 g/mol. The number of hydrogen-bond donors (Lipinski definition) is 2. The maximum atomic E-state index is 8.90. The van der Waals surface area contributed by atoms with E-state index in [0.29, 0.717) is 13.1 Å². The summed E-state index contributed by atoms with van der Waals surface area (Å²) in [5, 5.41) is 17.7. The fraction of sp³-hybridized carbons (Fsp3) is 0.636. The van der Waals surface area contributed by atoms with Gasteiger partial charge in [0.15, 0.2) is 0 Å². The first-order valence-electron chi connectivity index (χ1n) is 5.25. The normalized spacial score (nSPS) is 11.2. The number of hydrogen-bond acceptors (Lipinski definition) is 4. The van der Waals surface area contributed by atoms with E-state index in [1.165, 1.54) is 0 Å². The summed E-state index contributed by atoms with van der Waals surface area (Å²) in [6.07, 6.45) is 2.40. The number of aryl methyl sites for hydroxylation is 1. The Morgan fingerprint density at radius 3 is 2.60 bits per heavy atom. The lowest BCUT2D eigenvalue weighted by atomic mass is 10.2. The summed E-state index contributed by atoms with van der Waals surface area (Å²) in [4.78, 5) is 2.07. The summed E-state index contributed by atoms with van der Waals surface area (Å²) in [6.45, 7) is 4.39. The molecule has 0 spiro atoms. The van der Waals surface area contributed by atoms with Gasteiger partial charge in [0.05, 0.1) is 19.4 Å². The highest BCUT2D eigenvalue weighted by molar-refractivity contribution is 5.14. The van der Waals surface area contributed by atoms with Crippen molar-refractivity contribution in [2.45, 2.75) is 19.9 Å². The standard InChI is InChI=1S/C11H19NO3/c1-10-3-8-15-11(10)9-12(5-7-14)4-2-6-13/h3,8,13-14H,2,4-7,9H2,1H3. The van der Waals surface area contributed by atoms with Gasteiger partial charge in [-0.15, -0.1) is 0 Å². The predicted molar refractivity (Wildman–Crippen MR) is 57.5 cm³/mol. The first-order chi connectivity index (χ1) is 7.27. The van der Waals surface area contributed by atoms with Crippen molar-refractivity contribution in [1.29, 1.82) is 0 Å². The third-order valence-electron chi connectivity index (χ3n) is 2.38. The van der Waals surface area contributed by atoms with Crippen molar-refractivity contribution >= 4 is 0 Å². The topological polar surface area (TPSA) is 56.8 Å². The van der Waals surface area contributed by atoms with Crippen LogP contribution in [0.25, 0.3) is 0 Å². The molecule has 1 aromatic heterocycles. The van der Waals surface area contributed by atoms with Crippen LogP contribution in [-0.2, 0) is 6.54 Å². The molecule has 0 aliphatic carbocycles. The van der Waals surface area contributed by atoms with Gasteiger partial charge in [-0.25, -0.2) is 0 Å². The number of rotatable bonds is 7. The van der Waals surface area contributed by atoms with Gasteiger partial charge in [0, 0.05) is 19.7 Å². The van der Waals surface area contributed by atoms with E-state index in [9.17, 15) is 0 Å². The molecule has 4 heteroatoms. The fourth-order valence-electron chi connectivity index (χ4n) is 1.47. The minimum absolute atomic E-state index is 0.130. The van der Waals surface area contributed by atoms with Crippen LogP contribution in [0.1, 0.15) is 17.7 Å². The van der Waals surface area contributed by atoms with Crippen molar-refractivity contribution in [3.63, 3.8) is 0 Å². The van der Waals surface area contributed by atoms with Crippen LogP contribution in [0.15, 0.2) is 16.7 Å². The molecule has 0 aliphatic heterocycles. The summed E-state index contributed by atoms with van der Waals surface area (Å²) in [6, 6.07) is 1.93. The predicted octanol–water partition coefficient (Wildman–Crippen LogP) is 0.765. The van der Waals surface area contributed by atoms with Crippen LogP contribution in [0.5, 0.6) is 0 Å². The molecule has 0 aliphatic rings. The Hall–Kier alpha value is -0.840. The zero-order chi connectivity index (χ0) is 11.1. The van der Waals surface area contributed by atoms with Crippen molar-refractivity contribution in [1.82, 2.24) is 4.90 Å². The lowest BCUT2D eigenvalue weighted by molar-refractivity contribution is 0.166. The summed E-state index contributed by atoms with van der Waals surface area (Å²) in [5.74, 6) is 0.932. The Balaban J connectivity index is 2.46. The van der Waals surface area contributed by atoms with Crippen molar-refractivity contribution in [3.05, 3.63) is 23.7 Å². The zero-order valence-electron chi connectivity index (χ0n) is 9.15. The molecule has 4 nitrogen and oxygen atoms in total. The third-order valence-corrected chi connectivity index (χ3v) is 2.38. The molecule has 1 aromatic rings. The molecular formula is C11H19NO3. The van der Waals surface area contributed by atoms with Gasteiger partial charge in [0.1, 0.15) is 5.76 Å². The van der Waals surface area contributed by atoms with Gasteiger partial charge in [-0.3, -0.25) is 4.90 Å². The van der Waals surface area contributed by atoms with Crippen LogP contribution in [-0.4, -0.2) is 41.4 Å². The van der Waals surface area contributed by atoms with E-state index >= 15 is 0 Å². The number of nitrogens with zero attached hydrogens (tertiary/aromatic N) is 1. The smallest absolute Gasteiger partial charge is 0.120 e. The first kappa shape index (κ1) is 12.2. The lowest BCUT2D eigenvalue weighted by Crippen LogP contribution is -2.28. The van der Waals surface area contributed by atoms with Gasteiger partial charge in [-0.1, -0.05) is 0 Å². The zero-order valence-corrected chi connectivity index (χ0v) is 9.15. The minimum atomic E-state index is 0.130. The number of aliphatic hydroxyl groups is 2. The fourth-order valence-corrected chi connectivity index (χ4v) is 1.47. The van der Waals surface area contributed by atoms with Crippen molar-refractivity contribution in [2.24, 2.45) is 0 Å². The lowest BCUT2D eigenvalue weighted by Gasteiger charge is -2.19. The molecule has 1 heterocycles. The van der Waals surface area contributed by atoms with Crippen LogP contribution < -0.4 is 0 Å². The van der Waals surface area contributed by atoms with E-state index in [-0.39, 0.29) is 13.2 Å². The number of furan rings is 1. The maximum absolute atomic E-state index is 8.90. The van der Waals surface area contributed by atoms with Crippen molar-refractivity contribution in [2.75, 3.05) is 26.3 Å². The highest BCUT2D eigenvalue weighted by Crippen LogP contribution is 2.11. The van der Waals surface area contributed by atoms with Gasteiger partial charge in [-0.2, -0.15) is 0 Å². The molecule has 1 rings (SSSR count). The molecule has 2 N–H and O–H groups in total. The van der Waals surface area contributed by atoms with E-state index in [0.717, 1.165) is 24.3 Å². The second kappa shape index (κ2) is 6.61. The Labute approximate surface area is 90.1 Å². The van der Waals surface area contributed by atoms with Crippen molar-refractivity contribution < 1.29 is 14.6 Å². The van der Waals surface area contributed by atoms with Gasteiger partial charge >= 0.3 is 0 Å². The Morgan fingerprint density at radius 2 is 2.07 bits per heavy atom. The molecule has 0 bridgehead atoms. The van der Waals surface area contributed by atoms with Crippen LogP contribution in [0.2, 0.25) is 0 Å². The largest absolute Gasteiger partial charge is 0.468 e. The van der Waals surface area contributed by atoms with Crippen LogP contribution >= 0.6 is 0 Å². The van der Waals surface area contributed by atoms with Crippen LogP contribution in [0.4, 0.5) is 0 Å². The number of aliphatic hydroxyl groups excluding tert-OH is 2. The highest BCUT2D eigenvalue weighted by Gasteiger charge is 2.09. The maximum Gasteiger partial charge on any atom is 0.120 e. The van der Waals surface area contributed by atoms with Gasteiger partial charge in [0.2, 0.25) is 0 Å². The molecule has 0 unspecified atom stereocenters. The molecular weight excluding hydrogens is 194 g/mol. The Kier molecular flexibility index (Phi) is 5.39. The summed E-state index contributed by atoms with van der Waals surface area (Å²) in [7, 11) is 0. The quantitative estimate of drug-likeness (QED) is 0.702. The molecule has 0 aromatic carbocycles. The Morgan fingerprint density at radius 1 is 1.27 bits per heavy atom. The van der Waals surface area contributed by atoms with Crippen LogP contribution in [0.3, 0.4) is 0 Å². The summed E-state index contributed by atoms with van der Waals surface area (Å²) in [5.41, 5.74) is 1.13.